The maximum absolute atomic E-state index is 12.1. The summed E-state index contributed by atoms with van der Waals surface area (Å²) in [5.74, 6) is 0.704. The highest BCUT2D eigenvalue weighted by molar-refractivity contribution is 6.17. The molecule has 1 aromatic heterocycles. The van der Waals surface area contributed by atoms with Gasteiger partial charge in [0, 0.05) is 38.4 Å². The molecule has 1 aromatic rings. The van der Waals surface area contributed by atoms with Crippen LogP contribution in [0.2, 0.25) is 0 Å². The van der Waals surface area contributed by atoms with Gasteiger partial charge in [-0.15, -0.1) is 11.6 Å². The van der Waals surface area contributed by atoms with Crippen LogP contribution >= 0.6 is 11.6 Å². The normalized spacial score (nSPS) is 10.4. The molecule has 4 heteroatoms. The Balaban J connectivity index is 2.66. The lowest BCUT2D eigenvalue weighted by atomic mass is 10.2. The molecular formula is C12H19ClN2O. The Bertz CT molecular complexity index is 336. The molecule has 0 aromatic carbocycles. The summed E-state index contributed by atoms with van der Waals surface area (Å²) in [6.07, 6.45) is 5.56. The van der Waals surface area contributed by atoms with E-state index in [0.717, 1.165) is 31.5 Å². The zero-order chi connectivity index (χ0) is 12.0. The Morgan fingerprint density at radius 1 is 1.50 bits per heavy atom. The summed E-state index contributed by atoms with van der Waals surface area (Å²) < 4.78 is 1.89. The number of aromatic nitrogens is 1. The fourth-order valence-corrected chi connectivity index (χ4v) is 1.77. The average molecular weight is 243 g/mol. The van der Waals surface area contributed by atoms with Gasteiger partial charge >= 0.3 is 0 Å². The predicted molar refractivity (Wildman–Crippen MR) is 66.9 cm³/mol. The van der Waals surface area contributed by atoms with E-state index in [2.05, 4.69) is 6.92 Å². The lowest BCUT2D eigenvalue weighted by Crippen LogP contribution is -2.32. The molecule has 0 atom stereocenters. The van der Waals surface area contributed by atoms with Gasteiger partial charge in [-0.2, -0.15) is 0 Å². The number of carbonyl (C=O) groups is 1. The Kier molecular flexibility index (Phi) is 5.39. The second-order valence-electron chi connectivity index (χ2n) is 3.90. The number of nitrogens with zero attached hydrogens (tertiary/aromatic N) is 2. The van der Waals surface area contributed by atoms with Gasteiger partial charge in [0.05, 0.1) is 5.56 Å². The second-order valence-corrected chi connectivity index (χ2v) is 4.28. The Morgan fingerprint density at radius 3 is 2.75 bits per heavy atom. The van der Waals surface area contributed by atoms with Crippen molar-refractivity contribution in [1.29, 1.82) is 0 Å². The molecule has 3 nitrogen and oxygen atoms in total. The van der Waals surface area contributed by atoms with Gasteiger partial charge in [0.2, 0.25) is 0 Å². The molecule has 16 heavy (non-hydrogen) atoms. The third kappa shape index (κ3) is 3.56. The van der Waals surface area contributed by atoms with Crippen molar-refractivity contribution in [2.24, 2.45) is 7.05 Å². The molecular weight excluding hydrogens is 224 g/mol. The van der Waals surface area contributed by atoms with Crippen molar-refractivity contribution in [1.82, 2.24) is 9.47 Å². The van der Waals surface area contributed by atoms with Gasteiger partial charge in [-0.05, 0) is 18.9 Å². The van der Waals surface area contributed by atoms with E-state index in [-0.39, 0.29) is 5.91 Å². The van der Waals surface area contributed by atoms with Gasteiger partial charge in [-0.25, -0.2) is 0 Å². The number of carbonyl (C=O) groups excluding carboxylic acids is 1. The molecule has 1 rings (SSSR count). The molecule has 0 bridgehead atoms. The van der Waals surface area contributed by atoms with E-state index in [4.69, 9.17) is 11.6 Å². The number of aryl methyl sites for hydroxylation is 1. The highest BCUT2D eigenvalue weighted by Gasteiger charge is 2.14. The van der Waals surface area contributed by atoms with Crippen LogP contribution in [0.4, 0.5) is 0 Å². The summed E-state index contributed by atoms with van der Waals surface area (Å²) in [5, 5.41) is 0. The van der Waals surface area contributed by atoms with Crippen molar-refractivity contribution < 1.29 is 4.79 Å². The number of hydrogen-bond acceptors (Lipinski definition) is 1. The van der Waals surface area contributed by atoms with Crippen molar-refractivity contribution in [2.75, 3.05) is 19.0 Å². The van der Waals surface area contributed by atoms with Gasteiger partial charge in [-0.3, -0.25) is 4.79 Å². The van der Waals surface area contributed by atoms with E-state index in [0.29, 0.717) is 5.88 Å². The highest BCUT2D eigenvalue weighted by atomic mass is 35.5. The summed E-state index contributed by atoms with van der Waals surface area (Å²) in [6, 6.07) is 1.85. The van der Waals surface area contributed by atoms with E-state index in [1.165, 1.54) is 0 Å². The van der Waals surface area contributed by atoms with Crippen molar-refractivity contribution in [3.63, 3.8) is 0 Å². The first kappa shape index (κ1) is 13.1. The Hall–Kier alpha value is -0.960. The van der Waals surface area contributed by atoms with E-state index >= 15 is 0 Å². The molecule has 0 spiro atoms. The minimum atomic E-state index is 0.104. The van der Waals surface area contributed by atoms with Crippen molar-refractivity contribution in [3.05, 3.63) is 24.0 Å². The molecule has 0 fully saturated rings. The first-order chi connectivity index (χ1) is 7.69. The van der Waals surface area contributed by atoms with Gasteiger partial charge in [0.15, 0.2) is 0 Å². The maximum Gasteiger partial charge on any atom is 0.255 e. The van der Waals surface area contributed by atoms with Gasteiger partial charge < -0.3 is 9.47 Å². The average Bonchev–Trinajstić information content (AvgIpc) is 2.70. The fraction of sp³-hybridized carbons (Fsp3) is 0.583. The molecule has 0 saturated heterocycles. The standard InChI is InChI=1S/C12H19ClN2O/c1-3-7-15(8-4-6-13)12(16)11-5-9-14(2)10-11/h5,9-10H,3-4,6-8H2,1-2H3. The molecule has 0 saturated carbocycles. The lowest BCUT2D eigenvalue weighted by Gasteiger charge is -2.21. The zero-order valence-corrected chi connectivity index (χ0v) is 10.7. The van der Waals surface area contributed by atoms with Gasteiger partial charge in [0.25, 0.3) is 5.91 Å². The summed E-state index contributed by atoms with van der Waals surface area (Å²) >= 11 is 5.66. The number of halogens is 1. The van der Waals surface area contributed by atoms with Crippen LogP contribution in [0.1, 0.15) is 30.1 Å². The first-order valence-corrected chi connectivity index (χ1v) is 6.19. The quantitative estimate of drug-likeness (QED) is 0.704. The third-order valence-corrected chi connectivity index (χ3v) is 2.69. The van der Waals surface area contributed by atoms with Crippen LogP contribution in [0.25, 0.3) is 0 Å². The van der Waals surface area contributed by atoms with E-state index in [9.17, 15) is 4.79 Å². The maximum atomic E-state index is 12.1. The third-order valence-electron chi connectivity index (χ3n) is 2.42. The van der Waals surface area contributed by atoms with Crippen molar-refractivity contribution in [2.45, 2.75) is 19.8 Å². The molecule has 0 N–H and O–H groups in total. The topological polar surface area (TPSA) is 25.2 Å². The fourth-order valence-electron chi connectivity index (χ4n) is 1.65. The van der Waals surface area contributed by atoms with Crippen LogP contribution < -0.4 is 0 Å². The molecule has 1 amide bonds. The van der Waals surface area contributed by atoms with E-state index in [1.54, 1.807) is 0 Å². The summed E-state index contributed by atoms with van der Waals surface area (Å²) in [6.45, 7) is 3.61. The smallest absolute Gasteiger partial charge is 0.255 e. The van der Waals surface area contributed by atoms with Crippen LogP contribution in [-0.4, -0.2) is 34.3 Å². The largest absolute Gasteiger partial charge is 0.356 e. The summed E-state index contributed by atoms with van der Waals surface area (Å²) in [4.78, 5) is 14.0. The van der Waals surface area contributed by atoms with Crippen LogP contribution in [0.3, 0.4) is 0 Å². The lowest BCUT2D eigenvalue weighted by molar-refractivity contribution is 0.0756. The molecule has 90 valence electrons. The van der Waals surface area contributed by atoms with Crippen molar-refractivity contribution >= 4 is 17.5 Å². The molecule has 0 aliphatic rings. The minimum absolute atomic E-state index is 0.104. The van der Waals surface area contributed by atoms with Crippen LogP contribution in [0.5, 0.6) is 0 Å². The molecule has 0 aliphatic carbocycles. The zero-order valence-electron chi connectivity index (χ0n) is 9.95. The molecule has 0 aliphatic heterocycles. The number of rotatable bonds is 6. The first-order valence-electron chi connectivity index (χ1n) is 5.66. The van der Waals surface area contributed by atoms with Gasteiger partial charge in [-0.1, -0.05) is 6.92 Å². The van der Waals surface area contributed by atoms with E-state index < -0.39 is 0 Å². The summed E-state index contributed by atoms with van der Waals surface area (Å²) in [7, 11) is 1.92. The molecule has 0 unspecified atom stereocenters. The number of hydrogen-bond donors (Lipinski definition) is 0. The SMILES string of the molecule is CCCN(CCCCl)C(=O)c1ccn(C)c1. The summed E-state index contributed by atoms with van der Waals surface area (Å²) in [5.41, 5.74) is 0.755. The number of alkyl halides is 1. The van der Waals surface area contributed by atoms with Gasteiger partial charge in [0.1, 0.15) is 0 Å². The highest BCUT2D eigenvalue weighted by Crippen LogP contribution is 2.07. The Labute approximate surface area is 102 Å². The van der Waals surface area contributed by atoms with Crippen LogP contribution in [-0.2, 0) is 7.05 Å². The molecule has 0 radical (unpaired) electrons. The number of amides is 1. The Morgan fingerprint density at radius 2 is 2.25 bits per heavy atom. The monoisotopic (exact) mass is 242 g/mol. The van der Waals surface area contributed by atoms with Crippen LogP contribution in [0.15, 0.2) is 18.5 Å². The van der Waals surface area contributed by atoms with Crippen molar-refractivity contribution in [3.8, 4) is 0 Å². The van der Waals surface area contributed by atoms with Crippen LogP contribution in [0, 0.1) is 0 Å². The second kappa shape index (κ2) is 6.59. The van der Waals surface area contributed by atoms with E-state index in [1.807, 2.05) is 35.0 Å². The predicted octanol–water partition coefficient (Wildman–Crippen LogP) is 2.51. The minimum Gasteiger partial charge on any atom is -0.356 e. The molecule has 1 heterocycles.